The molecule has 1 fully saturated rings. The Bertz CT molecular complexity index is 359. The molecule has 0 aromatic rings. The third-order valence-electron chi connectivity index (χ3n) is 3.93. The molecule has 1 aliphatic carbocycles. The van der Waals surface area contributed by atoms with E-state index in [1.165, 1.54) is 12.8 Å². The van der Waals surface area contributed by atoms with E-state index in [-0.39, 0.29) is 0 Å². The summed E-state index contributed by atoms with van der Waals surface area (Å²) in [4.78, 5) is 0. The lowest BCUT2D eigenvalue weighted by molar-refractivity contribution is 0.220. The molecule has 0 aromatic carbocycles. The molecular formula is C16H28OSi. The average molecular weight is 264 g/mol. The van der Waals surface area contributed by atoms with Crippen molar-refractivity contribution >= 4 is 8.07 Å². The molecule has 0 radical (unpaired) electrons. The minimum atomic E-state index is -1.43. The van der Waals surface area contributed by atoms with E-state index in [4.69, 9.17) is 4.74 Å². The van der Waals surface area contributed by atoms with E-state index >= 15 is 0 Å². The van der Waals surface area contributed by atoms with E-state index in [9.17, 15) is 0 Å². The van der Waals surface area contributed by atoms with Gasteiger partial charge in [-0.25, -0.2) is 0 Å². The first kappa shape index (κ1) is 15.4. The van der Waals surface area contributed by atoms with Crippen molar-refractivity contribution in [2.75, 3.05) is 6.61 Å². The van der Waals surface area contributed by atoms with Gasteiger partial charge in [0.05, 0.1) is 12.4 Å². The van der Waals surface area contributed by atoms with Crippen LogP contribution in [0.3, 0.4) is 0 Å². The first-order chi connectivity index (χ1) is 8.22. The van der Waals surface area contributed by atoms with Gasteiger partial charge in [-0.05, 0) is 36.8 Å². The molecule has 0 spiro atoms. The van der Waals surface area contributed by atoms with Crippen LogP contribution >= 0.6 is 0 Å². The Kier molecular flexibility index (Phi) is 5.10. The van der Waals surface area contributed by atoms with Crippen LogP contribution < -0.4 is 0 Å². The summed E-state index contributed by atoms with van der Waals surface area (Å²) in [6.45, 7) is 14.4. The number of hydrogen-bond acceptors (Lipinski definition) is 1. The lowest BCUT2D eigenvalue weighted by atomic mass is 10.2. The highest BCUT2D eigenvalue weighted by atomic mass is 28.3. The normalized spacial score (nSPS) is 17.1. The summed E-state index contributed by atoms with van der Waals surface area (Å²) in [6, 6.07) is 0. The lowest BCUT2D eigenvalue weighted by Gasteiger charge is -2.31. The molecule has 0 atom stereocenters. The highest BCUT2D eigenvalue weighted by Gasteiger charge is 2.33. The molecule has 2 heteroatoms. The van der Waals surface area contributed by atoms with E-state index in [1.807, 2.05) is 0 Å². The molecule has 0 saturated heterocycles. The number of hydrogen-bond donors (Lipinski definition) is 0. The van der Waals surface area contributed by atoms with E-state index in [0.29, 0.717) is 5.04 Å². The fourth-order valence-electron chi connectivity index (χ4n) is 1.38. The van der Waals surface area contributed by atoms with E-state index in [0.717, 1.165) is 24.7 Å². The number of allylic oxidation sites excluding steroid dienone is 2. The molecule has 0 aliphatic heterocycles. The maximum atomic E-state index is 5.67. The maximum Gasteiger partial charge on any atom is 0.137 e. The van der Waals surface area contributed by atoms with Crippen LogP contribution in [-0.4, -0.2) is 14.7 Å². The molecule has 1 rings (SSSR count). The van der Waals surface area contributed by atoms with E-state index in [1.54, 1.807) is 0 Å². The smallest absolute Gasteiger partial charge is 0.137 e. The van der Waals surface area contributed by atoms with Gasteiger partial charge in [0.15, 0.2) is 0 Å². The largest absolute Gasteiger partial charge is 0.498 e. The van der Waals surface area contributed by atoms with Gasteiger partial charge in [-0.1, -0.05) is 33.9 Å². The molecule has 0 aromatic heterocycles. The third-order valence-corrected chi connectivity index (χ3v) is 8.48. The van der Waals surface area contributed by atoms with Crippen LogP contribution in [0.1, 0.15) is 47.0 Å². The minimum Gasteiger partial charge on any atom is -0.498 e. The van der Waals surface area contributed by atoms with Gasteiger partial charge < -0.3 is 4.74 Å². The highest BCUT2D eigenvalue weighted by Crippen LogP contribution is 2.35. The average Bonchev–Trinajstić information content (AvgIpc) is 2.99. The van der Waals surface area contributed by atoms with Crippen molar-refractivity contribution in [1.29, 1.82) is 0 Å². The van der Waals surface area contributed by atoms with Gasteiger partial charge in [-0.2, -0.15) is 0 Å². The van der Waals surface area contributed by atoms with Crippen LogP contribution in [0.25, 0.3) is 0 Å². The fourth-order valence-corrected chi connectivity index (χ4v) is 2.32. The molecule has 0 N–H and O–H groups in total. The zero-order valence-corrected chi connectivity index (χ0v) is 13.9. The highest BCUT2D eigenvalue weighted by molar-refractivity contribution is 6.87. The summed E-state index contributed by atoms with van der Waals surface area (Å²) in [5.41, 5.74) is 3.52. The van der Waals surface area contributed by atoms with Crippen LogP contribution in [0.15, 0.2) is 11.8 Å². The maximum absolute atomic E-state index is 5.67. The summed E-state index contributed by atoms with van der Waals surface area (Å²) in [7, 11) is -1.43. The monoisotopic (exact) mass is 264 g/mol. The predicted octanol–water partition coefficient (Wildman–Crippen LogP) is 4.76. The Morgan fingerprint density at radius 3 is 2.44 bits per heavy atom. The predicted molar refractivity (Wildman–Crippen MR) is 82.0 cm³/mol. The van der Waals surface area contributed by atoms with Crippen molar-refractivity contribution in [1.82, 2.24) is 0 Å². The molecule has 1 aliphatic rings. The van der Waals surface area contributed by atoms with E-state index < -0.39 is 8.07 Å². The van der Waals surface area contributed by atoms with Crippen molar-refractivity contribution in [3.05, 3.63) is 11.8 Å². The summed E-state index contributed by atoms with van der Waals surface area (Å²) in [5, 5.41) is 0.350. The van der Waals surface area contributed by atoms with Crippen molar-refractivity contribution in [3.8, 4) is 11.5 Å². The zero-order valence-electron chi connectivity index (χ0n) is 12.9. The van der Waals surface area contributed by atoms with Crippen LogP contribution in [0.4, 0.5) is 0 Å². The van der Waals surface area contributed by atoms with Crippen molar-refractivity contribution in [3.63, 3.8) is 0 Å². The Morgan fingerprint density at radius 2 is 1.94 bits per heavy atom. The Labute approximate surface area is 114 Å². The van der Waals surface area contributed by atoms with Gasteiger partial charge in [0, 0.05) is 6.42 Å². The molecule has 1 saturated carbocycles. The molecule has 0 heterocycles. The molecule has 0 unspecified atom stereocenters. The van der Waals surface area contributed by atoms with Crippen LogP contribution in [0.5, 0.6) is 0 Å². The van der Waals surface area contributed by atoms with Gasteiger partial charge in [-0.15, -0.1) is 11.5 Å². The first-order valence-corrected chi connectivity index (χ1v) is 10.0. The van der Waals surface area contributed by atoms with Crippen molar-refractivity contribution in [2.45, 2.75) is 65.1 Å². The van der Waals surface area contributed by atoms with Gasteiger partial charge in [-0.3, -0.25) is 0 Å². The van der Waals surface area contributed by atoms with Crippen LogP contribution in [0.2, 0.25) is 18.1 Å². The SMILES string of the molecule is C/C(=C\C1CC1)OCCC#C[Si](C)(C)C(C)(C)C. The Morgan fingerprint density at radius 1 is 1.33 bits per heavy atom. The van der Waals surface area contributed by atoms with E-state index in [2.05, 4.69) is 58.3 Å². The molecule has 0 amide bonds. The Balaban J connectivity index is 2.29. The molecule has 18 heavy (non-hydrogen) atoms. The van der Waals surface area contributed by atoms with Gasteiger partial charge >= 0.3 is 0 Å². The van der Waals surface area contributed by atoms with Crippen LogP contribution in [0, 0.1) is 17.4 Å². The topological polar surface area (TPSA) is 9.23 Å². The molecule has 1 nitrogen and oxygen atoms in total. The number of rotatable bonds is 4. The number of ether oxygens (including phenoxy) is 1. The van der Waals surface area contributed by atoms with Crippen molar-refractivity contribution < 1.29 is 4.74 Å². The zero-order chi connectivity index (χ0) is 13.8. The molecule has 102 valence electrons. The summed E-state index contributed by atoms with van der Waals surface area (Å²) in [5.74, 6) is 5.19. The Hall–Kier alpha value is -0.683. The standard InChI is InChI=1S/C16H28OSi/c1-14(13-15-9-10-15)17-11-7-8-12-18(5,6)16(2,3)4/h13,15H,7,9-11H2,1-6H3/b14-13+. The summed E-state index contributed by atoms with van der Waals surface area (Å²) >= 11 is 0. The van der Waals surface area contributed by atoms with Crippen molar-refractivity contribution in [2.24, 2.45) is 5.92 Å². The summed E-state index contributed by atoms with van der Waals surface area (Å²) < 4.78 is 5.67. The lowest BCUT2D eigenvalue weighted by Crippen LogP contribution is -2.35. The van der Waals surface area contributed by atoms with Gasteiger partial charge in [0.2, 0.25) is 0 Å². The van der Waals surface area contributed by atoms with Gasteiger partial charge in [0.25, 0.3) is 0 Å². The quantitative estimate of drug-likeness (QED) is 0.308. The van der Waals surface area contributed by atoms with Crippen LogP contribution in [-0.2, 0) is 4.74 Å². The molecular weight excluding hydrogens is 236 g/mol. The minimum absolute atomic E-state index is 0.350. The first-order valence-electron chi connectivity index (χ1n) is 7.03. The third kappa shape index (κ3) is 5.31. The second kappa shape index (κ2) is 5.97. The summed E-state index contributed by atoms with van der Waals surface area (Å²) in [6.07, 6.45) is 5.78. The van der Waals surface area contributed by atoms with Gasteiger partial charge in [0.1, 0.15) is 8.07 Å². The molecule has 0 bridgehead atoms. The second-order valence-corrected chi connectivity index (χ2v) is 11.9. The fraction of sp³-hybridized carbons (Fsp3) is 0.750. The second-order valence-electron chi connectivity index (χ2n) is 6.89.